The molecule has 6 heteroatoms. The largest absolute Gasteiger partial charge is 0.393 e. The molecule has 0 bridgehead atoms. The maximum atomic E-state index is 11.8. The van der Waals surface area contributed by atoms with Crippen LogP contribution in [0.3, 0.4) is 0 Å². The summed E-state index contributed by atoms with van der Waals surface area (Å²) < 4.78 is 0. The molecule has 2 fully saturated rings. The summed E-state index contributed by atoms with van der Waals surface area (Å²) in [6, 6.07) is -0.358. The Hall–Kier alpha value is -1.14. The molecule has 1 saturated heterocycles. The number of piperazine rings is 1. The molecule has 0 aromatic heterocycles. The minimum atomic E-state index is -0.358. The van der Waals surface area contributed by atoms with Gasteiger partial charge in [0, 0.05) is 19.0 Å². The Bertz CT molecular complexity index is 312. The Labute approximate surface area is 107 Å². The highest BCUT2D eigenvalue weighted by Crippen LogP contribution is 2.23. The number of aliphatic hydroxyl groups excluding tert-OH is 1. The van der Waals surface area contributed by atoms with Crippen molar-refractivity contribution in [2.24, 2.45) is 5.92 Å². The molecule has 0 radical (unpaired) electrons. The van der Waals surface area contributed by atoms with Crippen LogP contribution in [0.4, 0.5) is 0 Å². The quantitative estimate of drug-likeness (QED) is 0.507. The Morgan fingerprint density at radius 1 is 1.39 bits per heavy atom. The van der Waals surface area contributed by atoms with Gasteiger partial charge in [0.2, 0.25) is 11.8 Å². The van der Waals surface area contributed by atoms with E-state index in [1.54, 1.807) is 0 Å². The molecule has 0 aromatic rings. The van der Waals surface area contributed by atoms with Gasteiger partial charge < -0.3 is 15.7 Å². The van der Waals surface area contributed by atoms with Crippen LogP contribution in [0.2, 0.25) is 0 Å². The van der Waals surface area contributed by atoms with Crippen LogP contribution in [0.25, 0.3) is 0 Å². The van der Waals surface area contributed by atoms with Crippen LogP contribution in [0.5, 0.6) is 0 Å². The van der Waals surface area contributed by atoms with Gasteiger partial charge in [-0.05, 0) is 12.8 Å². The van der Waals surface area contributed by atoms with E-state index in [-0.39, 0.29) is 36.4 Å². The van der Waals surface area contributed by atoms with Gasteiger partial charge in [-0.15, -0.1) is 0 Å². The second-order valence-electron chi connectivity index (χ2n) is 5.09. The Kier molecular flexibility index (Phi) is 4.54. The van der Waals surface area contributed by atoms with Crippen molar-refractivity contribution < 1.29 is 14.7 Å². The molecule has 3 atom stereocenters. The molecule has 1 saturated carbocycles. The summed E-state index contributed by atoms with van der Waals surface area (Å²) in [5.74, 6) is -0.0181. The van der Waals surface area contributed by atoms with Crippen LogP contribution < -0.4 is 16.0 Å². The van der Waals surface area contributed by atoms with Gasteiger partial charge in [-0.3, -0.25) is 14.9 Å². The fraction of sp³-hybridized carbons (Fsp3) is 0.833. The van der Waals surface area contributed by atoms with E-state index in [2.05, 4.69) is 16.0 Å². The van der Waals surface area contributed by atoms with Gasteiger partial charge in [-0.2, -0.15) is 0 Å². The van der Waals surface area contributed by atoms with Crippen molar-refractivity contribution in [2.75, 3.05) is 19.6 Å². The first-order valence-corrected chi connectivity index (χ1v) is 6.62. The molecule has 4 N–H and O–H groups in total. The van der Waals surface area contributed by atoms with E-state index >= 15 is 0 Å². The summed E-state index contributed by atoms with van der Waals surface area (Å²) >= 11 is 0. The molecule has 0 spiro atoms. The third-order valence-corrected chi connectivity index (χ3v) is 3.74. The summed E-state index contributed by atoms with van der Waals surface area (Å²) in [5.41, 5.74) is 0. The molecule has 2 amide bonds. The first-order valence-electron chi connectivity index (χ1n) is 6.62. The number of carbonyl (C=O) groups excluding carboxylic acids is 2. The van der Waals surface area contributed by atoms with E-state index in [0.717, 1.165) is 25.7 Å². The van der Waals surface area contributed by atoms with Gasteiger partial charge in [0.05, 0.1) is 12.6 Å². The van der Waals surface area contributed by atoms with E-state index in [9.17, 15) is 14.7 Å². The summed E-state index contributed by atoms with van der Waals surface area (Å²) in [5, 5.41) is 18.2. The zero-order valence-electron chi connectivity index (χ0n) is 10.4. The Morgan fingerprint density at radius 2 is 2.17 bits per heavy atom. The zero-order valence-corrected chi connectivity index (χ0v) is 10.4. The molecule has 2 rings (SSSR count). The highest BCUT2D eigenvalue weighted by molar-refractivity contribution is 5.86. The minimum Gasteiger partial charge on any atom is -0.393 e. The van der Waals surface area contributed by atoms with Crippen LogP contribution in [-0.4, -0.2) is 48.7 Å². The fourth-order valence-electron chi connectivity index (χ4n) is 2.53. The van der Waals surface area contributed by atoms with Crippen LogP contribution >= 0.6 is 0 Å². The summed E-state index contributed by atoms with van der Waals surface area (Å²) in [6.45, 7) is 1.04. The van der Waals surface area contributed by atoms with Crippen LogP contribution in [-0.2, 0) is 9.59 Å². The van der Waals surface area contributed by atoms with Gasteiger partial charge in [-0.1, -0.05) is 12.8 Å². The molecule has 2 aliphatic rings. The molecule has 1 heterocycles. The van der Waals surface area contributed by atoms with Gasteiger partial charge in [0.25, 0.3) is 0 Å². The number of rotatable bonds is 3. The number of hydrogen-bond donors (Lipinski definition) is 4. The van der Waals surface area contributed by atoms with Gasteiger partial charge in [0.1, 0.15) is 6.04 Å². The molecule has 102 valence electrons. The first kappa shape index (κ1) is 13.3. The average Bonchev–Trinajstić information content (AvgIpc) is 2.38. The van der Waals surface area contributed by atoms with Crippen LogP contribution in [0, 0.1) is 5.92 Å². The topological polar surface area (TPSA) is 90.5 Å². The minimum absolute atomic E-state index is 0.0817. The second-order valence-corrected chi connectivity index (χ2v) is 5.09. The summed E-state index contributed by atoms with van der Waals surface area (Å²) in [7, 11) is 0. The third kappa shape index (κ3) is 3.43. The normalized spacial score (nSPS) is 32.7. The smallest absolute Gasteiger partial charge is 0.238 e. The van der Waals surface area contributed by atoms with Gasteiger partial charge in [0.15, 0.2) is 0 Å². The molecule has 3 unspecified atom stereocenters. The van der Waals surface area contributed by atoms with E-state index in [1.807, 2.05) is 0 Å². The third-order valence-electron chi connectivity index (χ3n) is 3.74. The van der Waals surface area contributed by atoms with Gasteiger partial charge >= 0.3 is 0 Å². The second kappa shape index (κ2) is 6.15. The van der Waals surface area contributed by atoms with Crippen molar-refractivity contribution in [3.63, 3.8) is 0 Å². The van der Waals surface area contributed by atoms with Crippen LogP contribution in [0.1, 0.15) is 25.7 Å². The van der Waals surface area contributed by atoms with E-state index in [0.29, 0.717) is 13.1 Å². The van der Waals surface area contributed by atoms with Crippen molar-refractivity contribution in [2.45, 2.75) is 37.8 Å². The lowest BCUT2D eigenvalue weighted by atomic mass is 9.86. The van der Waals surface area contributed by atoms with Crippen LogP contribution in [0.15, 0.2) is 0 Å². The number of amides is 2. The molecule has 0 aromatic carbocycles. The van der Waals surface area contributed by atoms with Crippen molar-refractivity contribution in [3.8, 4) is 0 Å². The summed E-state index contributed by atoms with van der Waals surface area (Å²) in [4.78, 5) is 22.8. The average molecular weight is 255 g/mol. The molecular formula is C12H21N3O3. The molecule has 1 aliphatic carbocycles. The number of carbonyl (C=O) groups is 2. The van der Waals surface area contributed by atoms with E-state index in [4.69, 9.17) is 0 Å². The van der Waals surface area contributed by atoms with E-state index in [1.165, 1.54) is 0 Å². The monoisotopic (exact) mass is 255 g/mol. The Morgan fingerprint density at radius 3 is 2.83 bits per heavy atom. The fourth-order valence-corrected chi connectivity index (χ4v) is 2.53. The summed E-state index contributed by atoms with van der Waals surface area (Å²) in [6.07, 6.45) is 3.70. The lowest BCUT2D eigenvalue weighted by Crippen LogP contribution is -2.58. The van der Waals surface area contributed by atoms with Crippen molar-refractivity contribution >= 4 is 11.8 Å². The standard InChI is InChI=1S/C12H21N3O3/c16-10-4-2-1-3-8(10)5-15-12(18)9-6-14-11(17)7-13-9/h8-10,13,16H,1-7H2,(H,14,17)(H,15,18). The molecule has 1 aliphatic heterocycles. The van der Waals surface area contributed by atoms with Crippen molar-refractivity contribution in [1.29, 1.82) is 0 Å². The van der Waals surface area contributed by atoms with Crippen molar-refractivity contribution in [3.05, 3.63) is 0 Å². The zero-order chi connectivity index (χ0) is 13.0. The molecule has 18 heavy (non-hydrogen) atoms. The van der Waals surface area contributed by atoms with Gasteiger partial charge in [-0.25, -0.2) is 0 Å². The Balaban J connectivity index is 1.72. The van der Waals surface area contributed by atoms with E-state index < -0.39 is 0 Å². The maximum absolute atomic E-state index is 11.8. The lowest BCUT2D eigenvalue weighted by Gasteiger charge is -2.29. The molecular weight excluding hydrogens is 234 g/mol. The number of aliphatic hydroxyl groups is 1. The highest BCUT2D eigenvalue weighted by Gasteiger charge is 2.26. The number of hydrogen-bond acceptors (Lipinski definition) is 4. The molecule has 6 nitrogen and oxygen atoms in total. The number of nitrogens with one attached hydrogen (secondary N) is 3. The maximum Gasteiger partial charge on any atom is 0.238 e. The lowest BCUT2D eigenvalue weighted by molar-refractivity contribution is -0.126. The first-order chi connectivity index (χ1) is 8.66. The predicted molar refractivity (Wildman–Crippen MR) is 65.8 cm³/mol. The predicted octanol–water partition coefficient (Wildman–Crippen LogP) is -1.26. The highest BCUT2D eigenvalue weighted by atomic mass is 16.3. The SMILES string of the molecule is O=C1CNC(C(=O)NCC2CCCCC2O)CN1. The van der Waals surface area contributed by atoms with Crippen molar-refractivity contribution in [1.82, 2.24) is 16.0 Å².